The van der Waals surface area contributed by atoms with Crippen LogP contribution in [0.25, 0.3) is 11.1 Å². The molecule has 0 bridgehead atoms. The van der Waals surface area contributed by atoms with Gasteiger partial charge in [-0.05, 0) is 18.6 Å². The summed E-state index contributed by atoms with van der Waals surface area (Å²) in [6.07, 6.45) is -4.68. The number of ether oxygens (including phenoxy) is 1. The summed E-state index contributed by atoms with van der Waals surface area (Å²) in [6, 6.07) is 13.3. The zero-order chi connectivity index (χ0) is 13.2. The van der Waals surface area contributed by atoms with Crippen LogP contribution in [-0.4, -0.2) is 6.36 Å². The van der Waals surface area contributed by atoms with Gasteiger partial charge in [0.25, 0.3) is 0 Å². The fourth-order valence-corrected chi connectivity index (χ4v) is 1.65. The van der Waals surface area contributed by atoms with Gasteiger partial charge in [-0.15, -0.1) is 13.2 Å². The Morgan fingerprint density at radius 1 is 0.889 bits per heavy atom. The van der Waals surface area contributed by atoms with Gasteiger partial charge in [-0.1, -0.05) is 48.0 Å². The molecule has 2 aromatic rings. The van der Waals surface area contributed by atoms with Crippen LogP contribution in [0, 0.1) is 6.92 Å². The lowest BCUT2D eigenvalue weighted by atomic mass is 10.0. The predicted octanol–water partition coefficient (Wildman–Crippen LogP) is 4.56. The first-order valence-corrected chi connectivity index (χ1v) is 5.37. The molecule has 0 aliphatic heterocycles. The topological polar surface area (TPSA) is 9.23 Å². The third-order valence-corrected chi connectivity index (χ3v) is 2.48. The Labute approximate surface area is 103 Å². The van der Waals surface area contributed by atoms with Crippen molar-refractivity contribution in [3.05, 3.63) is 54.1 Å². The third kappa shape index (κ3) is 3.03. The Balaban J connectivity index is 2.41. The zero-order valence-electron chi connectivity index (χ0n) is 9.66. The average Bonchev–Trinajstić information content (AvgIpc) is 2.29. The Hall–Kier alpha value is -1.97. The first kappa shape index (κ1) is 12.5. The van der Waals surface area contributed by atoms with Crippen LogP contribution in [0.1, 0.15) is 5.56 Å². The molecular formula is C14H11F3O. The molecule has 0 spiro atoms. The molecule has 2 rings (SSSR count). The van der Waals surface area contributed by atoms with E-state index in [2.05, 4.69) is 4.74 Å². The number of rotatable bonds is 2. The molecule has 18 heavy (non-hydrogen) atoms. The minimum Gasteiger partial charge on any atom is -0.405 e. The lowest BCUT2D eigenvalue weighted by molar-refractivity contribution is -0.274. The van der Waals surface area contributed by atoms with Gasteiger partial charge in [0, 0.05) is 5.56 Å². The third-order valence-electron chi connectivity index (χ3n) is 2.48. The molecule has 1 nitrogen and oxygen atoms in total. The fourth-order valence-electron chi connectivity index (χ4n) is 1.65. The van der Waals surface area contributed by atoms with Gasteiger partial charge < -0.3 is 4.74 Å². The highest BCUT2D eigenvalue weighted by Gasteiger charge is 2.32. The van der Waals surface area contributed by atoms with Gasteiger partial charge in [-0.25, -0.2) is 0 Å². The standard InChI is InChI=1S/C14H11F3O/c1-10-6-8-11(9-7-10)12-4-2-3-5-13(12)18-14(15,16)17/h2-9H,1H3. The van der Waals surface area contributed by atoms with Gasteiger partial charge in [0.1, 0.15) is 5.75 Å². The maximum atomic E-state index is 12.3. The van der Waals surface area contributed by atoms with Crippen molar-refractivity contribution in [2.75, 3.05) is 0 Å². The molecule has 2 aromatic carbocycles. The number of aryl methyl sites for hydroxylation is 1. The van der Waals surface area contributed by atoms with Gasteiger partial charge in [0.15, 0.2) is 0 Å². The van der Waals surface area contributed by atoms with E-state index in [1.165, 1.54) is 12.1 Å². The first-order valence-electron chi connectivity index (χ1n) is 5.37. The molecular weight excluding hydrogens is 241 g/mol. The summed E-state index contributed by atoms with van der Waals surface area (Å²) in [6.45, 7) is 1.92. The zero-order valence-corrected chi connectivity index (χ0v) is 9.66. The number of hydrogen-bond acceptors (Lipinski definition) is 1. The fraction of sp³-hybridized carbons (Fsp3) is 0.143. The van der Waals surface area contributed by atoms with Crippen molar-refractivity contribution in [1.82, 2.24) is 0 Å². The van der Waals surface area contributed by atoms with Gasteiger partial charge in [-0.2, -0.15) is 0 Å². The molecule has 0 atom stereocenters. The Morgan fingerprint density at radius 3 is 2.11 bits per heavy atom. The highest BCUT2D eigenvalue weighted by Crippen LogP contribution is 2.33. The molecule has 94 valence electrons. The average molecular weight is 252 g/mol. The van der Waals surface area contributed by atoms with Gasteiger partial charge in [0.05, 0.1) is 0 Å². The summed E-state index contributed by atoms with van der Waals surface area (Å²) in [4.78, 5) is 0. The predicted molar refractivity (Wildman–Crippen MR) is 63.3 cm³/mol. The molecule has 0 heterocycles. The number of halogens is 3. The van der Waals surface area contributed by atoms with E-state index < -0.39 is 6.36 Å². The van der Waals surface area contributed by atoms with E-state index in [4.69, 9.17) is 0 Å². The summed E-state index contributed by atoms with van der Waals surface area (Å²) in [5, 5.41) is 0. The van der Waals surface area contributed by atoms with Crippen LogP contribution in [0.4, 0.5) is 13.2 Å². The molecule has 0 saturated carbocycles. The van der Waals surface area contributed by atoms with Crippen LogP contribution in [0.3, 0.4) is 0 Å². The van der Waals surface area contributed by atoms with E-state index >= 15 is 0 Å². The second kappa shape index (κ2) is 4.72. The molecule has 0 aliphatic rings. The largest absolute Gasteiger partial charge is 0.573 e. The summed E-state index contributed by atoms with van der Waals surface area (Å²) in [5.41, 5.74) is 2.17. The van der Waals surface area contributed by atoms with Crippen LogP contribution in [0.5, 0.6) is 5.75 Å². The van der Waals surface area contributed by atoms with E-state index in [0.717, 1.165) is 5.56 Å². The van der Waals surface area contributed by atoms with Gasteiger partial charge >= 0.3 is 6.36 Å². The number of hydrogen-bond donors (Lipinski definition) is 0. The highest BCUT2D eigenvalue weighted by molar-refractivity contribution is 5.70. The normalized spacial score (nSPS) is 11.3. The summed E-state index contributed by atoms with van der Waals surface area (Å²) >= 11 is 0. The van der Waals surface area contributed by atoms with Crippen LogP contribution >= 0.6 is 0 Å². The van der Waals surface area contributed by atoms with Crippen molar-refractivity contribution < 1.29 is 17.9 Å². The van der Waals surface area contributed by atoms with Crippen LogP contribution in [0.15, 0.2) is 48.5 Å². The summed E-state index contributed by atoms with van der Waals surface area (Å²) in [7, 11) is 0. The molecule has 0 aromatic heterocycles. The minimum absolute atomic E-state index is 0.186. The van der Waals surface area contributed by atoms with Crippen LogP contribution in [-0.2, 0) is 0 Å². The van der Waals surface area contributed by atoms with Crippen molar-refractivity contribution in [3.8, 4) is 16.9 Å². The van der Waals surface area contributed by atoms with Crippen molar-refractivity contribution >= 4 is 0 Å². The number of alkyl halides is 3. The monoisotopic (exact) mass is 252 g/mol. The Kier molecular flexibility index (Phi) is 3.28. The first-order chi connectivity index (χ1) is 8.46. The SMILES string of the molecule is Cc1ccc(-c2ccccc2OC(F)(F)F)cc1. The van der Waals surface area contributed by atoms with E-state index in [1.807, 2.05) is 19.1 Å². The molecule has 0 amide bonds. The van der Waals surface area contributed by atoms with E-state index in [1.54, 1.807) is 24.3 Å². The van der Waals surface area contributed by atoms with Gasteiger partial charge in [-0.3, -0.25) is 0 Å². The van der Waals surface area contributed by atoms with Crippen LogP contribution in [0.2, 0.25) is 0 Å². The number of benzene rings is 2. The summed E-state index contributed by atoms with van der Waals surface area (Å²) < 4.78 is 40.9. The number of para-hydroxylation sites is 1. The van der Waals surface area contributed by atoms with E-state index in [-0.39, 0.29) is 5.75 Å². The maximum absolute atomic E-state index is 12.3. The Morgan fingerprint density at radius 2 is 1.50 bits per heavy atom. The molecule has 4 heteroatoms. The quantitative estimate of drug-likeness (QED) is 0.761. The molecule has 0 fully saturated rings. The van der Waals surface area contributed by atoms with Crippen molar-refractivity contribution in [3.63, 3.8) is 0 Å². The summed E-state index contributed by atoms with van der Waals surface area (Å²) in [5.74, 6) is -0.186. The van der Waals surface area contributed by atoms with Crippen molar-refractivity contribution in [1.29, 1.82) is 0 Å². The maximum Gasteiger partial charge on any atom is 0.573 e. The molecule has 0 N–H and O–H groups in total. The van der Waals surface area contributed by atoms with Crippen molar-refractivity contribution in [2.24, 2.45) is 0 Å². The lowest BCUT2D eigenvalue weighted by Gasteiger charge is -2.13. The Bertz CT molecular complexity index is 529. The smallest absolute Gasteiger partial charge is 0.405 e. The van der Waals surface area contributed by atoms with E-state index in [9.17, 15) is 13.2 Å². The van der Waals surface area contributed by atoms with E-state index in [0.29, 0.717) is 11.1 Å². The molecule has 0 saturated heterocycles. The van der Waals surface area contributed by atoms with Crippen LogP contribution < -0.4 is 4.74 Å². The minimum atomic E-state index is -4.68. The lowest BCUT2D eigenvalue weighted by Crippen LogP contribution is -2.17. The molecule has 0 aliphatic carbocycles. The highest BCUT2D eigenvalue weighted by atomic mass is 19.4. The molecule has 0 radical (unpaired) electrons. The second-order valence-electron chi connectivity index (χ2n) is 3.91. The molecule has 0 unspecified atom stereocenters. The van der Waals surface area contributed by atoms with Crippen molar-refractivity contribution in [2.45, 2.75) is 13.3 Å². The second-order valence-corrected chi connectivity index (χ2v) is 3.91. The van der Waals surface area contributed by atoms with Gasteiger partial charge in [0.2, 0.25) is 0 Å².